The van der Waals surface area contributed by atoms with E-state index in [1.807, 2.05) is 0 Å². The standard InChI is InChI=1S/C18H26O11S/c1-9(2)8-30(23,24)18-17(28-13(6)22)16(27-12(5)21)15(26-11(4)20)14(29-18)7-25-10(3)19/h14-18H,1,7-8H2,2-6H3/t14-,15+,16+,17-,18+/m1/s1. The van der Waals surface area contributed by atoms with Crippen LogP contribution < -0.4 is 0 Å². The molecule has 170 valence electrons. The molecule has 0 aromatic rings. The third kappa shape index (κ3) is 7.41. The molecule has 0 radical (unpaired) electrons. The van der Waals surface area contributed by atoms with E-state index in [2.05, 4.69) is 6.58 Å². The third-order valence-corrected chi connectivity index (χ3v) is 5.73. The van der Waals surface area contributed by atoms with Crippen LogP contribution in [0.15, 0.2) is 12.2 Å². The second kappa shape index (κ2) is 10.5. The number of hydrogen-bond acceptors (Lipinski definition) is 11. The van der Waals surface area contributed by atoms with Crippen molar-refractivity contribution in [2.24, 2.45) is 0 Å². The van der Waals surface area contributed by atoms with Gasteiger partial charge in [0.25, 0.3) is 0 Å². The Morgan fingerprint density at radius 2 is 1.27 bits per heavy atom. The van der Waals surface area contributed by atoms with E-state index < -0.39 is 75.9 Å². The molecule has 0 unspecified atom stereocenters. The first-order valence-corrected chi connectivity index (χ1v) is 10.6. The molecule has 5 atom stereocenters. The van der Waals surface area contributed by atoms with Gasteiger partial charge in [0.1, 0.15) is 12.7 Å². The highest BCUT2D eigenvalue weighted by Gasteiger charge is 2.56. The molecular formula is C18H26O11S. The summed E-state index contributed by atoms with van der Waals surface area (Å²) >= 11 is 0. The number of carbonyl (C=O) groups excluding carboxylic acids is 4. The highest BCUT2D eigenvalue weighted by Crippen LogP contribution is 2.32. The summed E-state index contributed by atoms with van der Waals surface area (Å²) < 4.78 is 51.8. The van der Waals surface area contributed by atoms with Crippen molar-refractivity contribution in [3.63, 3.8) is 0 Å². The van der Waals surface area contributed by atoms with Crippen LogP contribution in [0.1, 0.15) is 34.6 Å². The maximum Gasteiger partial charge on any atom is 0.303 e. The minimum Gasteiger partial charge on any atom is -0.463 e. The number of esters is 4. The number of hydrogen-bond donors (Lipinski definition) is 0. The first-order chi connectivity index (χ1) is 13.7. The van der Waals surface area contributed by atoms with E-state index >= 15 is 0 Å². The van der Waals surface area contributed by atoms with Gasteiger partial charge in [0, 0.05) is 27.7 Å². The first kappa shape index (κ1) is 25.6. The zero-order valence-electron chi connectivity index (χ0n) is 17.4. The van der Waals surface area contributed by atoms with Gasteiger partial charge in [-0.1, -0.05) is 12.2 Å². The molecule has 1 aliphatic rings. The van der Waals surface area contributed by atoms with Gasteiger partial charge >= 0.3 is 23.9 Å². The van der Waals surface area contributed by atoms with E-state index in [0.29, 0.717) is 0 Å². The molecule has 1 fully saturated rings. The molecule has 1 heterocycles. The van der Waals surface area contributed by atoms with Crippen molar-refractivity contribution < 1.29 is 51.3 Å². The summed E-state index contributed by atoms with van der Waals surface area (Å²) in [5.41, 5.74) is -1.52. The van der Waals surface area contributed by atoms with Gasteiger partial charge in [-0.05, 0) is 6.92 Å². The second-order valence-electron chi connectivity index (χ2n) is 6.83. The Balaban J connectivity index is 3.52. The van der Waals surface area contributed by atoms with Crippen molar-refractivity contribution in [3.8, 4) is 0 Å². The number of carbonyl (C=O) groups is 4. The van der Waals surface area contributed by atoms with E-state index in [4.69, 9.17) is 23.7 Å². The molecular weight excluding hydrogens is 424 g/mol. The van der Waals surface area contributed by atoms with E-state index in [-0.39, 0.29) is 5.57 Å². The molecule has 0 aromatic heterocycles. The SMILES string of the molecule is C=C(C)CS(=O)(=O)[C@@H]1O[C@H](COC(C)=O)[C@H](OC(C)=O)[C@H](OC(C)=O)[C@H]1OC(C)=O. The zero-order valence-corrected chi connectivity index (χ0v) is 18.2. The van der Waals surface area contributed by atoms with Crippen molar-refractivity contribution >= 4 is 33.7 Å². The Morgan fingerprint density at radius 1 is 0.800 bits per heavy atom. The van der Waals surface area contributed by atoms with Gasteiger partial charge in [0.2, 0.25) is 0 Å². The van der Waals surface area contributed by atoms with Crippen molar-refractivity contribution in [1.29, 1.82) is 0 Å². The number of rotatable bonds is 8. The summed E-state index contributed by atoms with van der Waals surface area (Å²) in [6.07, 6.45) is -5.91. The van der Waals surface area contributed by atoms with E-state index in [1.54, 1.807) is 0 Å². The highest BCUT2D eigenvalue weighted by molar-refractivity contribution is 7.92. The Kier molecular flexibility index (Phi) is 8.97. The Morgan fingerprint density at radius 3 is 1.70 bits per heavy atom. The average molecular weight is 450 g/mol. The highest BCUT2D eigenvalue weighted by atomic mass is 32.2. The molecule has 0 aliphatic carbocycles. The van der Waals surface area contributed by atoms with Crippen molar-refractivity contribution in [1.82, 2.24) is 0 Å². The predicted molar refractivity (Wildman–Crippen MR) is 101 cm³/mol. The molecule has 0 saturated carbocycles. The molecule has 11 nitrogen and oxygen atoms in total. The lowest BCUT2D eigenvalue weighted by atomic mass is 9.99. The topological polar surface area (TPSA) is 149 Å². The van der Waals surface area contributed by atoms with E-state index in [0.717, 1.165) is 27.7 Å². The molecule has 1 saturated heterocycles. The van der Waals surface area contributed by atoms with Crippen molar-refractivity contribution in [2.75, 3.05) is 12.4 Å². The Labute approximate surface area is 174 Å². The second-order valence-corrected chi connectivity index (χ2v) is 8.91. The minimum absolute atomic E-state index is 0.280. The summed E-state index contributed by atoms with van der Waals surface area (Å²) in [6.45, 7) is 8.78. The molecule has 12 heteroatoms. The van der Waals surface area contributed by atoms with Gasteiger partial charge in [0.15, 0.2) is 33.6 Å². The summed E-state index contributed by atoms with van der Waals surface area (Å²) in [5, 5.41) is 0. The molecule has 1 aliphatic heterocycles. The maximum atomic E-state index is 12.9. The summed E-state index contributed by atoms with van der Waals surface area (Å²) in [6, 6.07) is 0. The maximum absolute atomic E-state index is 12.9. The first-order valence-electron chi connectivity index (χ1n) is 8.91. The average Bonchev–Trinajstić information content (AvgIpc) is 2.54. The third-order valence-electron chi connectivity index (χ3n) is 3.75. The van der Waals surface area contributed by atoms with Crippen LogP contribution in [0.25, 0.3) is 0 Å². The lowest BCUT2D eigenvalue weighted by Gasteiger charge is -2.44. The van der Waals surface area contributed by atoms with E-state index in [9.17, 15) is 27.6 Å². The molecule has 0 amide bonds. The monoisotopic (exact) mass is 450 g/mol. The normalized spacial score (nSPS) is 26.2. The van der Waals surface area contributed by atoms with Crippen molar-refractivity contribution in [2.45, 2.75) is 64.5 Å². The zero-order chi connectivity index (χ0) is 23.2. The van der Waals surface area contributed by atoms with Crippen LogP contribution in [-0.4, -0.2) is 74.5 Å². The minimum atomic E-state index is -4.14. The van der Waals surface area contributed by atoms with Crippen LogP contribution in [0.3, 0.4) is 0 Å². The van der Waals surface area contributed by atoms with Crippen LogP contribution in [0.4, 0.5) is 0 Å². The molecule has 0 N–H and O–H groups in total. The fourth-order valence-corrected chi connectivity index (χ4v) is 4.69. The van der Waals surface area contributed by atoms with Crippen molar-refractivity contribution in [3.05, 3.63) is 12.2 Å². The molecule has 30 heavy (non-hydrogen) atoms. The van der Waals surface area contributed by atoms with Gasteiger partial charge in [-0.25, -0.2) is 8.42 Å². The van der Waals surface area contributed by atoms with Gasteiger partial charge < -0.3 is 23.7 Å². The summed E-state index contributed by atoms with van der Waals surface area (Å²) in [7, 11) is -4.14. The van der Waals surface area contributed by atoms with Gasteiger partial charge in [-0.2, -0.15) is 0 Å². The lowest BCUT2D eigenvalue weighted by molar-refractivity contribution is -0.238. The van der Waals surface area contributed by atoms with Crippen LogP contribution in [0, 0.1) is 0 Å². The molecule has 0 spiro atoms. The summed E-state index contributed by atoms with van der Waals surface area (Å²) in [5.74, 6) is -3.75. The Hall–Kier alpha value is -2.47. The molecule has 0 aromatic carbocycles. The quantitative estimate of drug-likeness (QED) is 0.281. The molecule has 1 rings (SSSR count). The number of ether oxygens (including phenoxy) is 5. The fourth-order valence-electron chi connectivity index (χ4n) is 2.90. The van der Waals surface area contributed by atoms with Crippen LogP contribution >= 0.6 is 0 Å². The van der Waals surface area contributed by atoms with Crippen LogP contribution in [0.5, 0.6) is 0 Å². The largest absolute Gasteiger partial charge is 0.463 e. The van der Waals surface area contributed by atoms with Gasteiger partial charge in [0.05, 0.1) is 5.75 Å². The van der Waals surface area contributed by atoms with E-state index in [1.165, 1.54) is 6.92 Å². The van der Waals surface area contributed by atoms with Gasteiger partial charge in [-0.15, -0.1) is 0 Å². The Bertz CT molecular complexity index is 801. The lowest BCUT2D eigenvalue weighted by Crippen LogP contribution is -2.64. The molecule has 0 bridgehead atoms. The number of sulfone groups is 1. The smallest absolute Gasteiger partial charge is 0.303 e. The van der Waals surface area contributed by atoms with Gasteiger partial charge in [-0.3, -0.25) is 19.2 Å². The summed E-state index contributed by atoms with van der Waals surface area (Å²) in [4.78, 5) is 46.2. The predicted octanol–water partition coefficient (Wildman–Crippen LogP) is 0.0604. The van der Waals surface area contributed by atoms with Crippen LogP contribution in [0.2, 0.25) is 0 Å². The van der Waals surface area contributed by atoms with Crippen LogP contribution in [-0.2, 0) is 52.7 Å². The fraction of sp³-hybridized carbons (Fsp3) is 0.667.